The van der Waals surface area contributed by atoms with Gasteiger partial charge in [-0.3, -0.25) is 14.3 Å². The maximum atomic E-state index is 5.57. The molecule has 1 saturated carbocycles. The molecule has 2 atom stereocenters. The maximum absolute atomic E-state index is 5.57. The van der Waals surface area contributed by atoms with Crippen LogP contribution in [0.25, 0.3) is 5.65 Å². The first kappa shape index (κ1) is 20.0. The molecular weight excluding hydrogens is 400 g/mol. The summed E-state index contributed by atoms with van der Waals surface area (Å²) >= 11 is 0. The predicted molar refractivity (Wildman–Crippen MR) is 125 cm³/mol. The molecule has 3 aliphatic rings. The molecule has 6 rings (SSSR count). The van der Waals surface area contributed by atoms with Gasteiger partial charge < -0.3 is 15.0 Å². The van der Waals surface area contributed by atoms with Crippen LogP contribution in [0.15, 0.2) is 42.7 Å². The quantitative estimate of drug-likeness (QED) is 0.680. The van der Waals surface area contributed by atoms with Crippen LogP contribution in [0, 0.1) is 0 Å². The Labute approximate surface area is 189 Å². The molecule has 2 saturated heterocycles. The van der Waals surface area contributed by atoms with E-state index in [0.717, 1.165) is 61.7 Å². The molecule has 2 aliphatic heterocycles. The first-order valence-electron chi connectivity index (χ1n) is 11.9. The number of methoxy groups -OCH3 is 1. The molecule has 0 aromatic carbocycles. The van der Waals surface area contributed by atoms with Gasteiger partial charge in [0.1, 0.15) is 17.2 Å². The van der Waals surface area contributed by atoms with Crippen LogP contribution in [0.4, 0.5) is 5.82 Å². The SMILES string of the molecule is COc1cccnc1[C@@H]1CCC[C@H](c2cn3c(N4CCN(C)C5(CC5)C4)cccc3n2)N1. The number of imidazole rings is 1. The van der Waals surface area contributed by atoms with Crippen molar-refractivity contribution in [3.63, 3.8) is 0 Å². The normalized spacial score (nSPS) is 25.4. The highest BCUT2D eigenvalue weighted by molar-refractivity contribution is 5.54. The van der Waals surface area contributed by atoms with Gasteiger partial charge in [-0.05, 0) is 63.4 Å². The summed E-state index contributed by atoms with van der Waals surface area (Å²) in [5.74, 6) is 2.12. The number of pyridine rings is 2. The number of ether oxygens (including phenoxy) is 1. The monoisotopic (exact) mass is 432 g/mol. The zero-order valence-electron chi connectivity index (χ0n) is 19.0. The summed E-state index contributed by atoms with van der Waals surface area (Å²) in [4.78, 5) is 14.8. The molecule has 7 heteroatoms. The molecule has 3 aromatic heterocycles. The second kappa shape index (κ2) is 7.74. The third-order valence-corrected chi connectivity index (χ3v) is 7.74. The van der Waals surface area contributed by atoms with Crippen LogP contribution in [-0.2, 0) is 0 Å². The maximum Gasteiger partial charge on any atom is 0.141 e. The Bertz CT molecular complexity index is 1120. The van der Waals surface area contributed by atoms with Crippen LogP contribution in [0.1, 0.15) is 55.6 Å². The van der Waals surface area contributed by atoms with Gasteiger partial charge in [0.05, 0.1) is 30.6 Å². The number of anilines is 1. The van der Waals surface area contributed by atoms with Gasteiger partial charge in [0.2, 0.25) is 0 Å². The van der Waals surface area contributed by atoms with E-state index in [1.165, 1.54) is 18.7 Å². The second-order valence-electron chi connectivity index (χ2n) is 9.64. The zero-order valence-corrected chi connectivity index (χ0v) is 19.0. The lowest BCUT2D eigenvalue weighted by atomic mass is 9.94. The topological polar surface area (TPSA) is 57.9 Å². The molecular formula is C25H32N6O. The average Bonchev–Trinajstić information content (AvgIpc) is 3.47. The Balaban J connectivity index is 1.28. The van der Waals surface area contributed by atoms with Crippen molar-refractivity contribution in [2.24, 2.45) is 0 Å². The molecule has 1 spiro atoms. The fourth-order valence-corrected chi connectivity index (χ4v) is 5.60. The summed E-state index contributed by atoms with van der Waals surface area (Å²) in [5, 5.41) is 3.81. The van der Waals surface area contributed by atoms with Crippen LogP contribution < -0.4 is 15.0 Å². The van der Waals surface area contributed by atoms with Gasteiger partial charge in [0, 0.05) is 37.6 Å². The predicted octanol–water partition coefficient (Wildman–Crippen LogP) is 3.58. The number of rotatable bonds is 4. The summed E-state index contributed by atoms with van der Waals surface area (Å²) in [6.07, 6.45) is 10.0. The standard InChI is InChI=1S/C25H32N6O/c1-29-14-15-30(17-25(29)11-12-25)23-10-4-9-22-28-20(16-31(22)23)18-6-3-7-19(27-18)24-21(32-2)8-5-13-26-24/h4-5,8-10,13,16,18-19,27H,3,6-7,11-12,14-15,17H2,1-2H3/t18-,19+/m1/s1. The van der Waals surface area contributed by atoms with Gasteiger partial charge in [-0.25, -0.2) is 4.98 Å². The number of piperidine rings is 1. The van der Waals surface area contributed by atoms with Crippen molar-refractivity contribution < 1.29 is 4.74 Å². The minimum Gasteiger partial charge on any atom is -0.495 e. The number of nitrogens with one attached hydrogen (secondary N) is 1. The summed E-state index contributed by atoms with van der Waals surface area (Å²) in [7, 11) is 4.00. The summed E-state index contributed by atoms with van der Waals surface area (Å²) in [5.41, 5.74) is 3.54. The van der Waals surface area contributed by atoms with Gasteiger partial charge in [-0.2, -0.15) is 0 Å². The third kappa shape index (κ3) is 3.35. The van der Waals surface area contributed by atoms with Crippen molar-refractivity contribution in [1.82, 2.24) is 24.6 Å². The summed E-state index contributed by atoms with van der Waals surface area (Å²) < 4.78 is 7.86. The minimum atomic E-state index is 0.182. The van der Waals surface area contributed by atoms with Gasteiger partial charge in [-0.15, -0.1) is 0 Å². The lowest BCUT2D eigenvalue weighted by Gasteiger charge is -2.41. The smallest absolute Gasteiger partial charge is 0.141 e. The van der Waals surface area contributed by atoms with Crippen molar-refractivity contribution in [2.45, 2.75) is 49.7 Å². The zero-order chi connectivity index (χ0) is 21.7. The molecule has 32 heavy (non-hydrogen) atoms. The fraction of sp³-hybridized carbons (Fsp3) is 0.520. The average molecular weight is 433 g/mol. The number of aromatic nitrogens is 3. The number of piperazine rings is 1. The van der Waals surface area contributed by atoms with Gasteiger partial charge in [0.15, 0.2) is 0 Å². The number of fused-ring (bicyclic) bond motifs is 1. The molecule has 3 fully saturated rings. The molecule has 0 amide bonds. The van der Waals surface area contributed by atoms with Crippen molar-refractivity contribution >= 4 is 11.5 Å². The number of hydrogen-bond donors (Lipinski definition) is 1. The van der Waals surface area contributed by atoms with Gasteiger partial charge in [0.25, 0.3) is 0 Å². The molecule has 1 N–H and O–H groups in total. The lowest BCUT2D eigenvalue weighted by molar-refractivity contribution is 0.198. The Morgan fingerprint density at radius 3 is 2.81 bits per heavy atom. The van der Waals surface area contributed by atoms with Gasteiger partial charge >= 0.3 is 0 Å². The third-order valence-electron chi connectivity index (χ3n) is 7.74. The highest BCUT2D eigenvalue weighted by atomic mass is 16.5. The minimum absolute atomic E-state index is 0.182. The first-order valence-corrected chi connectivity index (χ1v) is 11.9. The number of likely N-dealkylation sites (N-methyl/N-ethyl adjacent to an activating group) is 1. The molecule has 5 heterocycles. The molecule has 7 nitrogen and oxygen atoms in total. The number of hydrogen-bond acceptors (Lipinski definition) is 6. The molecule has 168 valence electrons. The molecule has 3 aromatic rings. The van der Waals surface area contributed by atoms with E-state index >= 15 is 0 Å². The Hall–Kier alpha value is -2.64. The van der Waals surface area contributed by atoms with Crippen LogP contribution in [0.3, 0.4) is 0 Å². The van der Waals surface area contributed by atoms with Crippen LogP contribution >= 0.6 is 0 Å². The van der Waals surface area contributed by atoms with Crippen LogP contribution in [0.5, 0.6) is 5.75 Å². The highest BCUT2D eigenvalue weighted by Crippen LogP contribution is 2.44. The number of nitrogens with zero attached hydrogens (tertiary/aromatic N) is 5. The van der Waals surface area contributed by atoms with Crippen LogP contribution in [-0.4, -0.2) is 58.6 Å². The van der Waals surface area contributed by atoms with E-state index in [-0.39, 0.29) is 12.1 Å². The molecule has 1 aliphatic carbocycles. The van der Waals surface area contributed by atoms with Crippen molar-refractivity contribution in [2.75, 3.05) is 38.7 Å². The van der Waals surface area contributed by atoms with E-state index in [1.807, 2.05) is 18.3 Å². The Morgan fingerprint density at radius 1 is 1.09 bits per heavy atom. The fourth-order valence-electron chi connectivity index (χ4n) is 5.60. The molecule has 0 radical (unpaired) electrons. The van der Waals surface area contributed by atoms with E-state index in [2.05, 4.69) is 55.9 Å². The van der Waals surface area contributed by atoms with E-state index in [0.29, 0.717) is 5.54 Å². The van der Waals surface area contributed by atoms with Crippen molar-refractivity contribution in [1.29, 1.82) is 0 Å². The van der Waals surface area contributed by atoms with Crippen LogP contribution in [0.2, 0.25) is 0 Å². The Morgan fingerprint density at radius 2 is 1.97 bits per heavy atom. The largest absolute Gasteiger partial charge is 0.495 e. The second-order valence-corrected chi connectivity index (χ2v) is 9.64. The van der Waals surface area contributed by atoms with E-state index in [4.69, 9.17) is 9.72 Å². The Kier molecular flexibility index (Phi) is 4.84. The molecule has 0 unspecified atom stereocenters. The van der Waals surface area contributed by atoms with Crippen molar-refractivity contribution in [3.05, 3.63) is 54.1 Å². The molecule has 0 bridgehead atoms. The van der Waals surface area contributed by atoms with E-state index < -0.39 is 0 Å². The first-order chi connectivity index (χ1) is 15.7. The lowest BCUT2D eigenvalue weighted by Crippen LogP contribution is -2.53. The van der Waals surface area contributed by atoms with Gasteiger partial charge in [-0.1, -0.05) is 6.07 Å². The van der Waals surface area contributed by atoms with E-state index in [1.54, 1.807) is 7.11 Å². The van der Waals surface area contributed by atoms with Crippen molar-refractivity contribution in [3.8, 4) is 5.75 Å². The van der Waals surface area contributed by atoms with E-state index in [9.17, 15) is 0 Å². The summed E-state index contributed by atoms with van der Waals surface area (Å²) in [6, 6.07) is 10.8. The summed E-state index contributed by atoms with van der Waals surface area (Å²) in [6.45, 7) is 3.29. The highest BCUT2D eigenvalue weighted by Gasteiger charge is 2.49.